The van der Waals surface area contributed by atoms with E-state index in [1.54, 1.807) is 24.3 Å². The molecule has 3 heterocycles. The molecule has 1 aliphatic rings. The number of aryl methyl sites for hydroxylation is 2. The highest BCUT2D eigenvalue weighted by molar-refractivity contribution is 7.18. The quantitative estimate of drug-likeness (QED) is 0.467. The van der Waals surface area contributed by atoms with Crippen molar-refractivity contribution in [2.24, 2.45) is 0 Å². The number of amides is 1. The third-order valence-electron chi connectivity index (χ3n) is 5.69. The second kappa shape index (κ2) is 8.71. The first-order chi connectivity index (χ1) is 16.0. The van der Waals surface area contributed by atoms with Crippen LogP contribution in [0.1, 0.15) is 27.7 Å². The normalized spacial score (nSPS) is 14.9. The number of H-pyrrole nitrogens is 1. The Kier molecular flexibility index (Phi) is 5.60. The third kappa shape index (κ3) is 4.09. The van der Waals surface area contributed by atoms with Crippen molar-refractivity contribution in [1.82, 2.24) is 15.3 Å². The van der Waals surface area contributed by atoms with Gasteiger partial charge in [0, 0.05) is 16.0 Å². The van der Waals surface area contributed by atoms with Gasteiger partial charge in [-0.25, -0.2) is 4.98 Å². The predicted molar refractivity (Wildman–Crippen MR) is 128 cm³/mol. The smallest absolute Gasteiger partial charge is 0.260 e. The van der Waals surface area contributed by atoms with Crippen molar-refractivity contribution in [3.05, 3.63) is 74.9 Å². The number of thiophene rings is 1. The molecule has 7 nitrogen and oxygen atoms in total. The fraction of sp³-hybridized carbons (Fsp3) is 0.240. The van der Waals surface area contributed by atoms with Crippen LogP contribution in [-0.4, -0.2) is 35.1 Å². The zero-order valence-corrected chi connectivity index (χ0v) is 19.1. The van der Waals surface area contributed by atoms with Crippen molar-refractivity contribution in [2.75, 3.05) is 13.2 Å². The van der Waals surface area contributed by atoms with E-state index in [-0.39, 0.29) is 17.6 Å². The van der Waals surface area contributed by atoms with Crippen molar-refractivity contribution in [1.29, 1.82) is 0 Å². The van der Waals surface area contributed by atoms with Crippen LogP contribution in [-0.2, 0) is 6.42 Å². The minimum Gasteiger partial charge on any atom is -0.486 e. The van der Waals surface area contributed by atoms with Crippen LogP contribution in [0.3, 0.4) is 0 Å². The van der Waals surface area contributed by atoms with E-state index in [0.717, 1.165) is 27.3 Å². The van der Waals surface area contributed by atoms with Gasteiger partial charge in [-0.15, -0.1) is 11.3 Å². The van der Waals surface area contributed by atoms with E-state index < -0.39 is 0 Å². The number of hydrogen-bond acceptors (Lipinski definition) is 6. The molecule has 0 radical (unpaired) electrons. The number of carbonyl (C=O) groups is 1. The molecule has 4 aromatic rings. The Bertz CT molecular complexity index is 1390. The van der Waals surface area contributed by atoms with Crippen molar-refractivity contribution >= 4 is 27.5 Å². The molecule has 33 heavy (non-hydrogen) atoms. The van der Waals surface area contributed by atoms with Crippen molar-refractivity contribution in [3.63, 3.8) is 0 Å². The molecule has 2 aromatic carbocycles. The number of ether oxygens (including phenoxy) is 2. The second-order valence-corrected chi connectivity index (χ2v) is 9.07. The first kappa shape index (κ1) is 21.2. The van der Waals surface area contributed by atoms with Crippen LogP contribution in [0.5, 0.6) is 11.5 Å². The number of aromatic amines is 1. The molecule has 0 spiro atoms. The van der Waals surface area contributed by atoms with Crippen LogP contribution in [0.15, 0.2) is 53.3 Å². The van der Waals surface area contributed by atoms with E-state index in [0.29, 0.717) is 41.4 Å². The lowest BCUT2D eigenvalue weighted by molar-refractivity contribution is 0.0789. The topological polar surface area (TPSA) is 93.3 Å². The summed E-state index contributed by atoms with van der Waals surface area (Å²) in [7, 11) is 0. The molecule has 2 aromatic heterocycles. The van der Waals surface area contributed by atoms with Gasteiger partial charge < -0.3 is 19.8 Å². The zero-order valence-electron chi connectivity index (χ0n) is 18.3. The maximum absolute atomic E-state index is 12.7. The number of rotatable bonds is 5. The Morgan fingerprint density at radius 1 is 1.18 bits per heavy atom. The standard InChI is InChI=1S/C25H23N3O4S/c1-3-18-14(2)33-25-21(18)24(30)27-22(28-25)15-8-10-16(11-9-15)23(29)26-12-17-13-31-19-6-4-5-7-20(19)32-17/h4-11,17H,3,12-13H2,1-2H3,(H,26,29)(H,27,28,30)/t17-/m0/s1. The van der Waals surface area contributed by atoms with E-state index in [2.05, 4.69) is 15.3 Å². The Balaban J connectivity index is 1.28. The van der Waals surface area contributed by atoms with Gasteiger partial charge in [-0.2, -0.15) is 0 Å². The van der Waals surface area contributed by atoms with Gasteiger partial charge in [0.1, 0.15) is 23.4 Å². The highest BCUT2D eigenvalue weighted by atomic mass is 32.1. The van der Waals surface area contributed by atoms with Crippen LogP contribution in [0.2, 0.25) is 0 Å². The summed E-state index contributed by atoms with van der Waals surface area (Å²) in [5.41, 5.74) is 2.18. The first-order valence-electron chi connectivity index (χ1n) is 10.8. The zero-order chi connectivity index (χ0) is 22.9. The number of benzene rings is 2. The first-order valence-corrected chi connectivity index (χ1v) is 11.6. The molecular formula is C25H23N3O4S. The average Bonchev–Trinajstić information content (AvgIpc) is 3.17. The minimum atomic E-state index is -0.258. The molecule has 0 unspecified atom stereocenters. The summed E-state index contributed by atoms with van der Waals surface area (Å²) in [6, 6.07) is 14.5. The fourth-order valence-electron chi connectivity index (χ4n) is 3.99. The van der Waals surface area contributed by atoms with Gasteiger partial charge in [0.25, 0.3) is 11.5 Å². The Morgan fingerprint density at radius 3 is 2.70 bits per heavy atom. The van der Waals surface area contributed by atoms with Gasteiger partial charge in [-0.3, -0.25) is 9.59 Å². The van der Waals surface area contributed by atoms with Gasteiger partial charge in [0.15, 0.2) is 11.5 Å². The number of hydrogen-bond donors (Lipinski definition) is 2. The number of para-hydroxylation sites is 2. The lowest BCUT2D eigenvalue weighted by atomic mass is 10.1. The van der Waals surface area contributed by atoms with Crippen LogP contribution in [0.25, 0.3) is 21.6 Å². The molecule has 0 saturated heterocycles. The van der Waals surface area contributed by atoms with Gasteiger partial charge in [-0.05, 0) is 43.2 Å². The highest BCUT2D eigenvalue weighted by Gasteiger charge is 2.21. The van der Waals surface area contributed by atoms with Crippen molar-refractivity contribution < 1.29 is 14.3 Å². The maximum Gasteiger partial charge on any atom is 0.260 e. The average molecular weight is 462 g/mol. The highest BCUT2D eigenvalue weighted by Crippen LogP contribution is 2.31. The fourth-order valence-corrected chi connectivity index (χ4v) is 5.10. The SMILES string of the molecule is CCc1c(C)sc2nc(-c3ccc(C(=O)NC[C@H]4COc5ccccc5O4)cc3)[nH]c(=O)c12. The van der Waals surface area contributed by atoms with E-state index in [4.69, 9.17) is 9.47 Å². The molecule has 168 valence electrons. The summed E-state index contributed by atoms with van der Waals surface area (Å²) in [6.45, 7) is 4.76. The predicted octanol–water partition coefficient (Wildman–Crippen LogP) is 4.09. The van der Waals surface area contributed by atoms with E-state index in [1.165, 1.54) is 11.3 Å². The summed E-state index contributed by atoms with van der Waals surface area (Å²) < 4.78 is 11.6. The minimum absolute atomic E-state index is 0.130. The number of aromatic nitrogens is 2. The van der Waals surface area contributed by atoms with E-state index in [9.17, 15) is 9.59 Å². The lowest BCUT2D eigenvalue weighted by Gasteiger charge is -2.26. The summed E-state index contributed by atoms with van der Waals surface area (Å²) in [5, 5.41) is 3.57. The number of nitrogens with zero attached hydrogens (tertiary/aromatic N) is 1. The molecule has 0 fully saturated rings. The largest absolute Gasteiger partial charge is 0.486 e. The van der Waals surface area contributed by atoms with Gasteiger partial charge in [0.05, 0.1) is 11.9 Å². The number of fused-ring (bicyclic) bond motifs is 2. The molecule has 1 amide bonds. The molecule has 8 heteroatoms. The molecule has 1 atom stereocenters. The van der Waals surface area contributed by atoms with Crippen LogP contribution < -0.4 is 20.3 Å². The molecule has 5 rings (SSSR count). The Hall–Kier alpha value is -3.65. The van der Waals surface area contributed by atoms with Gasteiger partial charge in [-0.1, -0.05) is 31.2 Å². The summed E-state index contributed by atoms with van der Waals surface area (Å²) >= 11 is 1.53. The Labute approximate surface area is 194 Å². The maximum atomic E-state index is 12.7. The number of nitrogens with one attached hydrogen (secondary N) is 2. The molecule has 1 aliphatic heterocycles. The van der Waals surface area contributed by atoms with Gasteiger partial charge in [0.2, 0.25) is 0 Å². The second-order valence-electron chi connectivity index (χ2n) is 7.87. The van der Waals surface area contributed by atoms with Crippen molar-refractivity contribution in [2.45, 2.75) is 26.4 Å². The Morgan fingerprint density at radius 2 is 1.94 bits per heavy atom. The monoisotopic (exact) mass is 461 g/mol. The molecular weight excluding hydrogens is 438 g/mol. The molecule has 0 aliphatic carbocycles. The van der Waals surface area contributed by atoms with Crippen molar-refractivity contribution in [3.8, 4) is 22.9 Å². The van der Waals surface area contributed by atoms with Crippen LogP contribution >= 0.6 is 11.3 Å². The number of carbonyl (C=O) groups excluding carboxylic acids is 1. The van der Waals surface area contributed by atoms with Gasteiger partial charge >= 0.3 is 0 Å². The third-order valence-corrected chi connectivity index (χ3v) is 6.74. The summed E-state index contributed by atoms with van der Waals surface area (Å²) in [5.74, 6) is 1.68. The van der Waals surface area contributed by atoms with Crippen LogP contribution in [0, 0.1) is 6.92 Å². The molecule has 2 N–H and O–H groups in total. The lowest BCUT2D eigenvalue weighted by Crippen LogP contribution is -2.40. The molecule has 0 bridgehead atoms. The molecule has 0 saturated carbocycles. The summed E-state index contributed by atoms with van der Waals surface area (Å²) in [4.78, 5) is 34.7. The van der Waals surface area contributed by atoms with E-state index >= 15 is 0 Å². The van der Waals surface area contributed by atoms with Crippen LogP contribution in [0.4, 0.5) is 0 Å². The van der Waals surface area contributed by atoms with E-state index in [1.807, 2.05) is 38.1 Å². The summed E-state index contributed by atoms with van der Waals surface area (Å²) in [6.07, 6.45) is 0.538.